The molecule has 0 bridgehead atoms. The molecule has 17 heavy (non-hydrogen) atoms. The van der Waals surface area contributed by atoms with E-state index in [0.717, 1.165) is 6.07 Å². The van der Waals surface area contributed by atoms with E-state index >= 15 is 0 Å². The number of rotatable bonds is 3. The van der Waals surface area contributed by atoms with E-state index in [1.807, 2.05) is 0 Å². The molecule has 0 aliphatic carbocycles. The molecule has 1 rings (SSSR count). The molecule has 0 aliphatic rings. The first-order valence-electron chi connectivity index (χ1n) is 4.61. The van der Waals surface area contributed by atoms with Crippen LogP contribution in [0.1, 0.15) is 23.6 Å². The SMILES string of the molecule is NC(=O)C[C@@H](N)c1cc(F)cc(C(F)(F)F)c1. The summed E-state index contributed by atoms with van der Waals surface area (Å²) >= 11 is 0. The zero-order valence-electron chi connectivity index (χ0n) is 8.59. The Bertz CT molecular complexity index is 431. The molecule has 0 radical (unpaired) electrons. The molecule has 0 aromatic heterocycles. The van der Waals surface area contributed by atoms with Gasteiger partial charge in [-0.2, -0.15) is 13.2 Å². The molecule has 0 fully saturated rings. The van der Waals surface area contributed by atoms with E-state index in [-0.39, 0.29) is 12.0 Å². The molecule has 1 aromatic rings. The fourth-order valence-corrected chi connectivity index (χ4v) is 1.32. The van der Waals surface area contributed by atoms with Crippen LogP contribution in [0.2, 0.25) is 0 Å². The predicted molar refractivity (Wildman–Crippen MR) is 52.1 cm³/mol. The van der Waals surface area contributed by atoms with Gasteiger partial charge in [-0.05, 0) is 23.8 Å². The van der Waals surface area contributed by atoms with Crippen molar-refractivity contribution in [2.45, 2.75) is 18.6 Å². The Morgan fingerprint density at radius 2 is 1.88 bits per heavy atom. The van der Waals surface area contributed by atoms with E-state index in [1.165, 1.54) is 0 Å². The first kappa shape index (κ1) is 13.4. The molecule has 0 aliphatic heterocycles. The molecule has 1 amide bonds. The highest BCUT2D eigenvalue weighted by atomic mass is 19.4. The van der Waals surface area contributed by atoms with Crippen molar-refractivity contribution in [1.29, 1.82) is 0 Å². The topological polar surface area (TPSA) is 69.1 Å². The number of hydrogen-bond acceptors (Lipinski definition) is 2. The van der Waals surface area contributed by atoms with Crippen LogP contribution >= 0.6 is 0 Å². The van der Waals surface area contributed by atoms with E-state index in [2.05, 4.69) is 0 Å². The second-order valence-corrected chi connectivity index (χ2v) is 3.55. The summed E-state index contributed by atoms with van der Waals surface area (Å²) in [5, 5.41) is 0. The van der Waals surface area contributed by atoms with E-state index in [4.69, 9.17) is 11.5 Å². The van der Waals surface area contributed by atoms with Crippen molar-refractivity contribution in [2.24, 2.45) is 11.5 Å². The lowest BCUT2D eigenvalue weighted by Gasteiger charge is -2.13. The van der Waals surface area contributed by atoms with Gasteiger partial charge in [0.15, 0.2) is 0 Å². The molecule has 1 aromatic carbocycles. The third-order valence-electron chi connectivity index (χ3n) is 2.10. The largest absolute Gasteiger partial charge is 0.416 e. The van der Waals surface area contributed by atoms with Gasteiger partial charge in [0.1, 0.15) is 5.82 Å². The highest BCUT2D eigenvalue weighted by molar-refractivity contribution is 5.74. The van der Waals surface area contributed by atoms with Crippen molar-refractivity contribution >= 4 is 5.91 Å². The van der Waals surface area contributed by atoms with Gasteiger partial charge in [0.05, 0.1) is 5.56 Å². The van der Waals surface area contributed by atoms with Gasteiger partial charge in [-0.25, -0.2) is 4.39 Å². The van der Waals surface area contributed by atoms with Crippen LogP contribution in [-0.2, 0) is 11.0 Å². The summed E-state index contributed by atoms with van der Waals surface area (Å²) in [6.45, 7) is 0. The molecule has 0 heterocycles. The number of alkyl halides is 3. The number of halogens is 4. The maximum atomic E-state index is 13.0. The summed E-state index contributed by atoms with van der Waals surface area (Å²) in [6.07, 6.45) is -5.01. The average molecular weight is 250 g/mol. The first-order valence-corrected chi connectivity index (χ1v) is 4.61. The number of carbonyl (C=O) groups is 1. The Kier molecular flexibility index (Phi) is 3.72. The van der Waals surface area contributed by atoms with Crippen molar-refractivity contribution in [3.63, 3.8) is 0 Å². The van der Waals surface area contributed by atoms with Crippen LogP contribution in [0.25, 0.3) is 0 Å². The first-order chi connectivity index (χ1) is 7.70. The van der Waals surface area contributed by atoms with Crippen LogP contribution in [0.4, 0.5) is 17.6 Å². The molecule has 0 unspecified atom stereocenters. The molecular weight excluding hydrogens is 240 g/mol. The van der Waals surface area contributed by atoms with Crippen LogP contribution in [0.3, 0.4) is 0 Å². The molecule has 0 spiro atoms. The lowest BCUT2D eigenvalue weighted by atomic mass is 10.0. The van der Waals surface area contributed by atoms with Gasteiger partial charge in [0, 0.05) is 12.5 Å². The standard InChI is InChI=1S/C10H10F4N2O/c11-7-2-5(8(15)4-9(16)17)1-6(3-7)10(12,13)14/h1-3,8H,4,15H2,(H2,16,17)/t8-/m1/s1. The van der Waals surface area contributed by atoms with Gasteiger partial charge >= 0.3 is 6.18 Å². The summed E-state index contributed by atoms with van der Waals surface area (Å²) in [7, 11) is 0. The van der Waals surface area contributed by atoms with Crippen molar-refractivity contribution in [3.05, 3.63) is 35.1 Å². The zero-order valence-corrected chi connectivity index (χ0v) is 8.59. The second kappa shape index (κ2) is 4.70. The molecular formula is C10H10F4N2O. The van der Waals surface area contributed by atoms with Crippen molar-refractivity contribution < 1.29 is 22.4 Å². The van der Waals surface area contributed by atoms with Crippen LogP contribution in [-0.4, -0.2) is 5.91 Å². The molecule has 0 saturated carbocycles. The highest BCUT2D eigenvalue weighted by Gasteiger charge is 2.31. The smallest absolute Gasteiger partial charge is 0.370 e. The number of carbonyl (C=O) groups excluding carboxylic acids is 1. The van der Waals surface area contributed by atoms with E-state index in [1.54, 1.807) is 0 Å². The minimum Gasteiger partial charge on any atom is -0.370 e. The summed E-state index contributed by atoms with van der Waals surface area (Å²) in [5.74, 6) is -1.83. The predicted octanol–water partition coefficient (Wildman–Crippen LogP) is 1.72. The maximum Gasteiger partial charge on any atom is 0.416 e. The molecule has 1 atom stereocenters. The third-order valence-corrected chi connectivity index (χ3v) is 2.10. The van der Waals surface area contributed by atoms with Crippen LogP contribution in [0, 0.1) is 5.82 Å². The van der Waals surface area contributed by atoms with Crippen molar-refractivity contribution in [3.8, 4) is 0 Å². The lowest BCUT2D eigenvalue weighted by Crippen LogP contribution is -2.21. The van der Waals surface area contributed by atoms with Crippen molar-refractivity contribution in [2.75, 3.05) is 0 Å². The molecule has 7 heteroatoms. The second-order valence-electron chi connectivity index (χ2n) is 3.55. The Morgan fingerprint density at radius 1 is 1.29 bits per heavy atom. The van der Waals surface area contributed by atoms with Gasteiger partial charge in [-0.1, -0.05) is 0 Å². The Labute approximate surface area is 94.4 Å². The Hall–Kier alpha value is -1.63. The quantitative estimate of drug-likeness (QED) is 0.802. The molecule has 94 valence electrons. The minimum atomic E-state index is -4.66. The lowest BCUT2D eigenvalue weighted by molar-refractivity contribution is -0.137. The van der Waals surface area contributed by atoms with E-state index in [9.17, 15) is 22.4 Å². The summed E-state index contributed by atoms with van der Waals surface area (Å²) in [4.78, 5) is 10.6. The Balaban J connectivity index is 3.09. The van der Waals surface area contributed by atoms with Crippen molar-refractivity contribution in [1.82, 2.24) is 0 Å². The Morgan fingerprint density at radius 3 is 2.35 bits per heavy atom. The monoisotopic (exact) mass is 250 g/mol. The third kappa shape index (κ3) is 3.70. The molecule has 4 N–H and O–H groups in total. The minimum absolute atomic E-state index is 0.115. The highest BCUT2D eigenvalue weighted by Crippen LogP contribution is 2.31. The zero-order chi connectivity index (χ0) is 13.2. The van der Waals surface area contributed by atoms with Gasteiger partial charge in [0.2, 0.25) is 5.91 Å². The number of primary amides is 1. The van der Waals surface area contributed by atoms with Gasteiger partial charge in [-0.15, -0.1) is 0 Å². The number of hydrogen-bond donors (Lipinski definition) is 2. The summed E-state index contributed by atoms with van der Waals surface area (Å²) < 4.78 is 50.1. The fourth-order valence-electron chi connectivity index (χ4n) is 1.32. The van der Waals surface area contributed by atoms with Crippen LogP contribution in [0.15, 0.2) is 18.2 Å². The van der Waals surface area contributed by atoms with E-state index < -0.39 is 29.5 Å². The van der Waals surface area contributed by atoms with E-state index in [0.29, 0.717) is 12.1 Å². The maximum absolute atomic E-state index is 13.0. The van der Waals surface area contributed by atoms with Gasteiger partial charge in [0.25, 0.3) is 0 Å². The molecule has 0 saturated heterocycles. The van der Waals surface area contributed by atoms with Crippen LogP contribution < -0.4 is 11.5 Å². The normalized spacial score (nSPS) is 13.5. The summed E-state index contributed by atoms with van der Waals surface area (Å²) in [5.41, 5.74) is 9.04. The molecule has 3 nitrogen and oxygen atoms in total. The number of amides is 1. The number of benzene rings is 1. The van der Waals surface area contributed by atoms with Crippen LogP contribution in [0.5, 0.6) is 0 Å². The fraction of sp³-hybridized carbons (Fsp3) is 0.300. The summed E-state index contributed by atoms with van der Waals surface area (Å²) in [6, 6.07) is 0.865. The number of nitrogens with two attached hydrogens (primary N) is 2. The average Bonchev–Trinajstić information content (AvgIpc) is 2.14. The van der Waals surface area contributed by atoms with Gasteiger partial charge in [-0.3, -0.25) is 4.79 Å². The van der Waals surface area contributed by atoms with Gasteiger partial charge < -0.3 is 11.5 Å².